The van der Waals surface area contributed by atoms with E-state index in [4.69, 9.17) is 24.3 Å². The minimum atomic E-state index is 0. The molecule has 0 aliphatic carbocycles. The number of aliphatic hydroxyl groups excluding tert-OH is 1. The van der Waals surface area contributed by atoms with Crippen molar-refractivity contribution in [3.05, 3.63) is 70.8 Å². The van der Waals surface area contributed by atoms with Gasteiger partial charge in [0.25, 0.3) is 0 Å². The zero-order chi connectivity index (χ0) is 18.8. The summed E-state index contributed by atoms with van der Waals surface area (Å²) in [6.45, 7) is 4.16. The first kappa shape index (κ1) is 35.9. The third kappa shape index (κ3) is 23.9. The number of benzene rings is 2. The van der Waals surface area contributed by atoms with Crippen molar-refractivity contribution in [2.45, 2.75) is 27.9 Å². The van der Waals surface area contributed by atoms with E-state index in [0.29, 0.717) is 0 Å². The first-order valence-corrected chi connectivity index (χ1v) is 6.65. The van der Waals surface area contributed by atoms with E-state index in [9.17, 15) is 4.79 Å². The maximum Gasteiger partial charge on any atom is 1.00 e. The number of aryl methyl sites for hydroxylation is 2. The normalized spacial score (nSPS) is 6.78. The molecule has 0 aliphatic rings. The fraction of sp³-hybridized carbons (Fsp3) is 0.211. The Hall–Kier alpha value is -2.11. The number of aldehydes is 1. The Bertz CT molecular complexity index is 639. The third-order valence-electron chi connectivity index (χ3n) is 2.52. The minimum absolute atomic E-state index is 0. The van der Waals surface area contributed by atoms with Gasteiger partial charge in [-0.25, -0.2) is 0 Å². The molecule has 1 N–H and O–H groups in total. The summed E-state index contributed by atoms with van der Waals surface area (Å²) in [5, 5.41) is 8.63. The fourth-order valence-corrected chi connectivity index (χ4v) is 1.34. The second-order valence-corrected chi connectivity index (χ2v) is 4.34. The SMILES string of the molecule is C.Cc1ccc(C=O)cc1.Cc1ccc(CO)cc1.O=C=O.O=C=O.[B].[H-].[Na+]. The molecule has 8 heteroatoms. The van der Waals surface area contributed by atoms with Gasteiger partial charge in [-0.05, 0) is 19.4 Å². The quantitative estimate of drug-likeness (QED) is 0.556. The minimum Gasteiger partial charge on any atom is -1.00 e. The summed E-state index contributed by atoms with van der Waals surface area (Å²) < 4.78 is 0. The largest absolute Gasteiger partial charge is 1.00 e. The van der Waals surface area contributed by atoms with E-state index in [0.717, 1.165) is 17.4 Å². The Morgan fingerprint density at radius 3 is 1.41 bits per heavy atom. The van der Waals surface area contributed by atoms with Crippen LogP contribution < -0.4 is 29.6 Å². The molecule has 0 amide bonds. The van der Waals surface area contributed by atoms with E-state index >= 15 is 0 Å². The number of hydrogen-bond acceptors (Lipinski definition) is 6. The van der Waals surface area contributed by atoms with Crippen molar-refractivity contribution in [2.75, 3.05) is 0 Å². The monoisotopic (exact) mass is 381 g/mol. The maximum atomic E-state index is 10.1. The van der Waals surface area contributed by atoms with Crippen molar-refractivity contribution in [3.63, 3.8) is 0 Å². The van der Waals surface area contributed by atoms with Crippen molar-refractivity contribution in [1.82, 2.24) is 0 Å². The molecule has 0 fully saturated rings. The molecule has 27 heavy (non-hydrogen) atoms. The summed E-state index contributed by atoms with van der Waals surface area (Å²) in [7, 11) is 0. The van der Waals surface area contributed by atoms with Crippen LogP contribution >= 0.6 is 0 Å². The predicted octanol–water partition coefficient (Wildman–Crippen LogP) is -0.500. The average molecular weight is 381 g/mol. The van der Waals surface area contributed by atoms with Crippen LogP contribution in [0.25, 0.3) is 0 Å². The molecule has 2 aromatic rings. The molecule has 0 saturated carbocycles. The molecule has 6 nitrogen and oxygen atoms in total. The van der Waals surface area contributed by atoms with E-state index in [1.165, 1.54) is 11.1 Å². The molecule has 3 radical (unpaired) electrons. The number of rotatable bonds is 2. The van der Waals surface area contributed by atoms with Gasteiger partial charge < -0.3 is 6.53 Å². The molecular formula is C19H23BNaO6. The van der Waals surface area contributed by atoms with Gasteiger partial charge in [-0.15, -0.1) is 0 Å². The van der Waals surface area contributed by atoms with E-state index < -0.39 is 0 Å². The molecule has 2 rings (SSSR count). The van der Waals surface area contributed by atoms with Crippen LogP contribution in [0.3, 0.4) is 0 Å². The molecule has 0 spiro atoms. The topological polar surface area (TPSA) is 106 Å². The Kier molecular flexibility index (Phi) is 34.8. The molecule has 139 valence electrons. The molecule has 0 heterocycles. The summed E-state index contributed by atoms with van der Waals surface area (Å²) in [6, 6.07) is 15.3. The van der Waals surface area contributed by atoms with Crippen LogP contribution in [0.4, 0.5) is 0 Å². The van der Waals surface area contributed by atoms with Gasteiger partial charge in [0.2, 0.25) is 0 Å². The summed E-state index contributed by atoms with van der Waals surface area (Å²) in [5.74, 6) is 0. The average Bonchev–Trinajstić information content (AvgIpc) is 2.58. The van der Waals surface area contributed by atoms with Crippen molar-refractivity contribution in [3.8, 4) is 0 Å². The van der Waals surface area contributed by atoms with Crippen molar-refractivity contribution in [2.24, 2.45) is 0 Å². The Balaban J connectivity index is -0.0000000609. The Morgan fingerprint density at radius 2 is 1.15 bits per heavy atom. The number of aliphatic hydroxyl groups is 1. The van der Waals surface area contributed by atoms with E-state index in [1.54, 1.807) is 0 Å². The molecule has 2 aromatic carbocycles. The fourth-order valence-electron chi connectivity index (χ4n) is 1.34. The first-order chi connectivity index (χ1) is 11.5. The van der Waals surface area contributed by atoms with E-state index in [2.05, 4.69) is 0 Å². The molecule has 0 bridgehead atoms. The van der Waals surface area contributed by atoms with E-state index in [-0.39, 0.29) is 65.7 Å². The molecule has 0 atom stereocenters. The van der Waals surface area contributed by atoms with Crippen LogP contribution in [-0.4, -0.2) is 32.1 Å². The molecular weight excluding hydrogens is 358 g/mol. The van der Waals surface area contributed by atoms with E-state index in [1.807, 2.05) is 62.4 Å². The predicted molar refractivity (Wildman–Crippen MR) is 97.3 cm³/mol. The van der Waals surface area contributed by atoms with Gasteiger partial charge in [0.1, 0.15) is 6.29 Å². The second-order valence-electron chi connectivity index (χ2n) is 4.34. The molecule has 0 saturated heterocycles. The Labute approximate surface area is 185 Å². The van der Waals surface area contributed by atoms with Gasteiger partial charge in [-0.1, -0.05) is 67.1 Å². The van der Waals surface area contributed by atoms with Crippen LogP contribution in [0, 0.1) is 13.8 Å². The van der Waals surface area contributed by atoms with Crippen LogP contribution in [0.5, 0.6) is 0 Å². The van der Waals surface area contributed by atoms with Gasteiger partial charge in [-0.2, -0.15) is 19.2 Å². The third-order valence-corrected chi connectivity index (χ3v) is 2.52. The van der Waals surface area contributed by atoms with Crippen molar-refractivity contribution in [1.29, 1.82) is 0 Å². The zero-order valence-corrected chi connectivity index (χ0v) is 17.0. The summed E-state index contributed by atoms with van der Waals surface area (Å²) in [4.78, 5) is 42.6. The first-order valence-electron chi connectivity index (χ1n) is 6.65. The Morgan fingerprint density at radius 1 is 0.852 bits per heavy atom. The standard InChI is InChI=1S/C8H10O.C8H8O.2CO2.CH4.B.Na.H/c2*1-7-2-4-8(6-9)5-3-7;2*2-1-3;;;;/h2-5,9H,6H2,1H3;2-6H,1H3;;;1H4;;;/q;;;;;;+1;-1. The van der Waals surface area contributed by atoms with Gasteiger partial charge in [-0.3, -0.25) is 4.79 Å². The van der Waals surface area contributed by atoms with Crippen LogP contribution in [0.2, 0.25) is 0 Å². The van der Waals surface area contributed by atoms with Crippen LogP contribution in [0.1, 0.15) is 35.9 Å². The maximum absolute atomic E-state index is 10.1. The van der Waals surface area contributed by atoms with Gasteiger partial charge >= 0.3 is 41.9 Å². The number of carbonyl (C=O) groups is 1. The second kappa shape index (κ2) is 26.1. The van der Waals surface area contributed by atoms with Gasteiger partial charge in [0.15, 0.2) is 0 Å². The summed E-state index contributed by atoms with van der Waals surface area (Å²) in [5.41, 5.74) is 4.12. The van der Waals surface area contributed by atoms with Crippen molar-refractivity contribution < 1.29 is 60.1 Å². The van der Waals surface area contributed by atoms with Crippen LogP contribution in [0.15, 0.2) is 48.5 Å². The summed E-state index contributed by atoms with van der Waals surface area (Å²) in [6.07, 6.45) is 1.35. The van der Waals surface area contributed by atoms with Gasteiger partial charge in [0, 0.05) is 14.0 Å². The molecule has 0 aromatic heterocycles. The molecule has 0 aliphatic heterocycles. The summed E-state index contributed by atoms with van der Waals surface area (Å²) >= 11 is 0. The smallest absolute Gasteiger partial charge is 1.00 e. The number of carbonyl (C=O) groups excluding carboxylic acids is 5. The van der Waals surface area contributed by atoms with Crippen LogP contribution in [-0.2, 0) is 25.8 Å². The number of hydrogen-bond donors (Lipinski definition) is 1. The van der Waals surface area contributed by atoms with Gasteiger partial charge in [0.05, 0.1) is 6.61 Å². The molecule has 0 unspecified atom stereocenters. The zero-order valence-electron chi connectivity index (χ0n) is 16.0. The van der Waals surface area contributed by atoms with Crippen molar-refractivity contribution >= 4 is 27.0 Å².